The van der Waals surface area contributed by atoms with Gasteiger partial charge in [-0.1, -0.05) is 91.0 Å². The third-order valence-electron chi connectivity index (χ3n) is 5.14. The average Bonchev–Trinajstić information content (AvgIpc) is 2.84. The summed E-state index contributed by atoms with van der Waals surface area (Å²) >= 11 is 0. The molecule has 0 radical (unpaired) electrons. The molecule has 0 aliphatic heterocycles. The molecule has 0 fully saturated rings. The number of hydrogen-bond donors (Lipinski definition) is 2. The predicted octanol–water partition coefficient (Wildman–Crippen LogP) is 5.11. The minimum absolute atomic E-state index is 0.393. The van der Waals surface area contributed by atoms with Crippen molar-refractivity contribution in [2.45, 2.75) is 10.5 Å². The predicted molar refractivity (Wildman–Crippen MR) is 124 cm³/mol. The number of methoxy groups -OCH3 is 1. The zero-order valence-electron chi connectivity index (χ0n) is 17.1. The van der Waals surface area contributed by atoms with Gasteiger partial charge < -0.3 is 14.6 Å². The van der Waals surface area contributed by atoms with Gasteiger partial charge in [0, 0.05) is 11.3 Å². The molecular formula is C26H23NO3S. The van der Waals surface area contributed by atoms with Crippen LogP contribution in [0.15, 0.2) is 114 Å². The van der Waals surface area contributed by atoms with Crippen LogP contribution in [-0.2, 0) is 16.6 Å². The Morgan fingerprint density at radius 3 is 1.77 bits per heavy atom. The summed E-state index contributed by atoms with van der Waals surface area (Å²) in [4.78, 5) is 0.393. The molecule has 0 bridgehead atoms. The van der Waals surface area contributed by atoms with E-state index in [1.807, 2.05) is 91.0 Å². The largest absolute Gasteiger partial charge is 0.495 e. The minimum atomic E-state index is -1.69. The summed E-state index contributed by atoms with van der Waals surface area (Å²) < 4.78 is 22.1. The van der Waals surface area contributed by atoms with Gasteiger partial charge in [0.25, 0.3) is 0 Å². The average molecular weight is 430 g/mol. The Hall–Kier alpha value is -3.41. The maximum absolute atomic E-state index is 13.5. The molecule has 4 aromatic carbocycles. The van der Waals surface area contributed by atoms with Gasteiger partial charge in [0.2, 0.25) is 0 Å². The van der Waals surface area contributed by atoms with Gasteiger partial charge in [-0.05, 0) is 29.3 Å². The summed E-state index contributed by atoms with van der Waals surface area (Å²) in [6.45, 7) is 0. The van der Waals surface area contributed by atoms with Crippen molar-refractivity contribution >= 4 is 16.7 Å². The number of aliphatic hydroxyl groups is 1. The van der Waals surface area contributed by atoms with Crippen LogP contribution in [-0.4, -0.2) is 16.4 Å². The first-order valence-electron chi connectivity index (χ1n) is 9.89. The van der Waals surface area contributed by atoms with E-state index in [4.69, 9.17) is 4.74 Å². The summed E-state index contributed by atoms with van der Waals surface area (Å²) in [5.74, 6) is 0.435. The lowest BCUT2D eigenvalue weighted by molar-refractivity contribution is 0.122. The Morgan fingerprint density at radius 1 is 0.742 bits per heavy atom. The molecule has 0 spiro atoms. The molecule has 4 aromatic rings. The molecule has 0 aliphatic carbocycles. The first kappa shape index (κ1) is 20.8. The number of benzene rings is 4. The number of nitrogens with one attached hydrogen (secondary N) is 1. The second-order valence-corrected chi connectivity index (χ2v) is 8.17. The molecule has 4 rings (SSSR count). The van der Waals surface area contributed by atoms with Crippen molar-refractivity contribution in [3.63, 3.8) is 0 Å². The number of para-hydroxylation sites is 1. The smallest absolute Gasteiger partial charge is 0.154 e. The minimum Gasteiger partial charge on any atom is -0.495 e. The molecule has 0 aliphatic rings. The van der Waals surface area contributed by atoms with Crippen molar-refractivity contribution in [3.05, 3.63) is 126 Å². The quantitative estimate of drug-likeness (QED) is 0.401. The van der Waals surface area contributed by atoms with Crippen LogP contribution < -0.4 is 9.46 Å². The molecule has 0 heterocycles. The van der Waals surface area contributed by atoms with Crippen LogP contribution in [0.2, 0.25) is 0 Å². The van der Waals surface area contributed by atoms with E-state index in [2.05, 4.69) is 4.72 Å². The van der Waals surface area contributed by atoms with Gasteiger partial charge in [0.15, 0.2) is 11.0 Å². The Bertz CT molecular complexity index is 1130. The number of anilines is 1. The van der Waals surface area contributed by atoms with Crippen molar-refractivity contribution in [3.8, 4) is 5.75 Å². The monoisotopic (exact) mass is 429 g/mol. The highest BCUT2D eigenvalue weighted by atomic mass is 32.2. The van der Waals surface area contributed by atoms with Crippen LogP contribution in [0.3, 0.4) is 0 Å². The van der Waals surface area contributed by atoms with Gasteiger partial charge in [0.1, 0.15) is 16.2 Å². The van der Waals surface area contributed by atoms with E-state index in [1.165, 1.54) is 7.11 Å². The van der Waals surface area contributed by atoms with Crippen LogP contribution in [0.25, 0.3) is 0 Å². The Labute approximate surface area is 184 Å². The number of hydrogen-bond acceptors (Lipinski definition) is 3. The Balaban J connectivity index is 1.93. The second-order valence-electron chi connectivity index (χ2n) is 7.02. The van der Waals surface area contributed by atoms with Crippen molar-refractivity contribution in [2.24, 2.45) is 0 Å². The molecule has 5 heteroatoms. The van der Waals surface area contributed by atoms with Crippen LogP contribution in [0, 0.1) is 0 Å². The van der Waals surface area contributed by atoms with Crippen molar-refractivity contribution in [2.75, 3.05) is 11.8 Å². The first-order chi connectivity index (χ1) is 15.1. The molecular weight excluding hydrogens is 406 g/mol. The fourth-order valence-electron chi connectivity index (χ4n) is 3.65. The fraction of sp³-hybridized carbons (Fsp3) is 0.0769. The summed E-state index contributed by atoms with van der Waals surface area (Å²) in [5, 5.41) is 12.2. The molecule has 2 N–H and O–H groups in total. The van der Waals surface area contributed by atoms with Crippen LogP contribution in [0.4, 0.5) is 5.69 Å². The number of ether oxygens (including phenoxy) is 1. The first-order valence-corrected chi connectivity index (χ1v) is 11.0. The van der Waals surface area contributed by atoms with E-state index in [1.54, 1.807) is 18.2 Å². The van der Waals surface area contributed by atoms with E-state index in [0.717, 1.165) is 0 Å². The SMILES string of the molecule is COc1cccc(C(O)(c2ccccc2)c2ccccc2)c1S(=O)Nc1ccccc1. The van der Waals surface area contributed by atoms with Crippen LogP contribution >= 0.6 is 0 Å². The van der Waals surface area contributed by atoms with E-state index >= 15 is 0 Å². The van der Waals surface area contributed by atoms with Gasteiger partial charge in [-0.25, -0.2) is 4.21 Å². The summed E-state index contributed by atoms with van der Waals surface area (Å²) in [6, 6.07) is 33.4. The Morgan fingerprint density at radius 2 is 1.26 bits per heavy atom. The third kappa shape index (κ3) is 4.10. The van der Waals surface area contributed by atoms with Gasteiger partial charge in [-0.3, -0.25) is 0 Å². The fourth-order valence-corrected chi connectivity index (χ4v) is 4.86. The van der Waals surface area contributed by atoms with Crippen LogP contribution in [0.1, 0.15) is 16.7 Å². The molecule has 0 amide bonds. The third-order valence-corrected chi connectivity index (χ3v) is 6.35. The molecule has 1 atom stereocenters. The summed E-state index contributed by atoms with van der Waals surface area (Å²) in [5.41, 5.74) is 1.02. The van der Waals surface area contributed by atoms with Crippen molar-refractivity contribution < 1.29 is 14.1 Å². The normalized spacial score (nSPS) is 12.2. The van der Waals surface area contributed by atoms with Crippen LogP contribution in [0.5, 0.6) is 5.75 Å². The molecule has 31 heavy (non-hydrogen) atoms. The zero-order valence-corrected chi connectivity index (χ0v) is 17.9. The van der Waals surface area contributed by atoms with E-state index < -0.39 is 16.6 Å². The highest BCUT2D eigenvalue weighted by Gasteiger charge is 2.38. The van der Waals surface area contributed by atoms with E-state index in [9.17, 15) is 9.32 Å². The molecule has 156 valence electrons. The lowest BCUT2D eigenvalue weighted by Gasteiger charge is -2.32. The summed E-state index contributed by atoms with van der Waals surface area (Å²) in [7, 11) is -0.152. The molecule has 1 unspecified atom stereocenters. The maximum atomic E-state index is 13.5. The topological polar surface area (TPSA) is 58.6 Å². The maximum Gasteiger partial charge on any atom is 0.154 e. The van der Waals surface area contributed by atoms with Crippen molar-refractivity contribution in [1.29, 1.82) is 0 Å². The van der Waals surface area contributed by atoms with E-state index in [0.29, 0.717) is 33.0 Å². The standard InChI is InChI=1S/C26H23NO3S/c1-30-24-19-11-18-23(25(24)31(29)27-22-16-9-4-10-17-22)26(28,20-12-5-2-6-13-20)21-14-7-3-8-15-21/h2-19,27-28H,1H3. The molecule has 0 saturated heterocycles. The lowest BCUT2D eigenvalue weighted by Crippen LogP contribution is -2.31. The highest BCUT2D eigenvalue weighted by Crippen LogP contribution is 2.42. The van der Waals surface area contributed by atoms with Gasteiger partial charge in [-0.2, -0.15) is 0 Å². The molecule has 0 aromatic heterocycles. The van der Waals surface area contributed by atoms with Crippen molar-refractivity contribution in [1.82, 2.24) is 0 Å². The Kier molecular flexibility index (Phi) is 6.16. The van der Waals surface area contributed by atoms with E-state index in [-0.39, 0.29) is 0 Å². The molecule has 4 nitrogen and oxygen atoms in total. The van der Waals surface area contributed by atoms with Gasteiger partial charge >= 0.3 is 0 Å². The zero-order chi connectivity index (χ0) is 21.7. The summed E-state index contributed by atoms with van der Waals surface area (Å²) in [6.07, 6.45) is 0. The number of rotatable bonds is 7. The second kappa shape index (κ2) is 9.16. The highest BCUT2D eigenvalue weighted by molar-refractivity contribution is 7.86. The van der Waals surface area contributed by atoms with Gasteiger partial charge in [-0.15, -0.1) is 0 Å². The lowest BCUT2D eigenvalue weighted by atomic mass is 9.80. The molecule has 0 saturated carbocycles. The van der Waals surface area contributed by atoms with Gasteiger partial charge in [0.05, 0.1) is 7.11 Å².